The lowest BCUT2D eigenvalue weighted by molar-refractivity contribution is -0.154. The van der Waals surface area contributed by atoms with Gasteiger partial charge in [0.05, 0.1) is 43.3 Å². The van der Waals surface area contributed by atoms with Crippen molar-refractivity contribution in [1.82, 2.24) is 29.6 Å². The molecule has 0 saturated carbocycles. The van der Waals surface area contributed by atoms with Crippen LogP contribution >= 0.6 is 0 Å². The van der Waals surface area contributed by atoms with E-state index in [-0.39, 0.29) is 24.1 Å². The molecule has 11 heteroatoms. The van der Waals surface area contributed by atoms with E-state index in [9.17, 15) is 9.59 Å². The molecule has 2 atom stereocenters. The van der Waals surface area contributed by atoms with Gasteiger partial charge in [0.15, 0.2) is 0 Å². The number of para-hydroxylation sites is 3. The van der Waals surface area contributed by atoms with E-state index >= 15 is 0 Å². The average molecular weight is 821 g/mol. The number of methoxy groups -OCH3 is 1. The number of benzene rings is 3. The van der Waals surface area contributed by atoms with Crippen LogP contribution in [-0.4, -0.2) is 114 Å². The number of carbonyl (C=O) groups excluding carboxylic acids is 1. The Hall–Kier alpha value is -4.29. The van der Waals surface area contributed by atoms with Crippen molar-refractivity contribution >= 4 is 16.9 Å². The second kappa shape index (κ2) is 22.0. The first-order valence-electron chi connectivity index (χ1n) is 22.9. The minimum atomic E-state index is -0.137. The van der Waals surface area contributed by atoms with Crippen LogP contribution < -0.4 is 20.3 Å². The predicted molar refractivity (Wildman–Crippen MR) is 239 cm³/mol. The molecule has 0 amide bonds. The molecule has 3 saturated heterocycles. The van der Waals surface area contributed by atoms with Gasteiger partial charge < -0.3 is 24.4 Å². The quantitative estimate of drug-likeness (QED) is 0.0680. The normalized spacial score (nSPS) is 20.0. The Balaban J connectivity index is 0.747. The number of piperidine rings is 2. The van der Waals surface area contributed by atoms with E-state index in [1.54, 1.807) is 11.7 Å². The van der Waals surface area contributed by atoms with Gasteiger partial charge in [0.25, 0.3) is 5.56 Å². The number of hydrogen-bond donors (Lipinski definition) is 1. The molecule has 2 bridgehead atoms. The topological polar surface area (TPSA) is 101 Å². The highest BCUT2D eigenvalue weighted by Gasteiger charge is 2.39. The molecule has 1 aromatic heterocycles. The Kier molecular flexibility index (Phi) is 16.1. The highest BCUT2D eigenvalue weighted by molar-refractivity contribution is 5.78. The summed E-state index contributed by atoms with van der Waals surface area (Å²) in [5.41, 5.74) is 3.45. The van der Waals surface area contributed by atoms with Gasteiger partial charge >= 0.3 is 5.97 Å². The molecule has 0 radical (unpaired) electrons. The standard InChI is InChI=1S/C49H68N6O5/c1-4-59-46-21-10-9-20-44(46)55-47(51-43-19-8-7-18-42(43)49(55)57)36-53-30-28-52(29-31-53)26-14-12-25-50-24-11-5-6-13-27-54-39-16-15-17-40(54)35-41(34-39)60-48(56)33-38-32-37(2)22-23-45(38)58-3/h7-10,18-23,32,39-41,50H,4-6,11-17,24-31,33-36H2,1-3H3. The molecule has 7 rings (SSSR count). The van der Waals surface area contributed by atoms with Gasteiger partial charge in [-0.2, -0.15) is 0 Å². The van der Waals surface area contributed by atoms with Gasteiger partial charge in [0, 0.05) is 56.7 Å². The van der Waals surface area contributed by atoms with Gasteiger partial charge in [0.2, 0.25) is 0 Å². The van der Waals surface area contributed by atoms with Crippen molar-refractivity contribution < 1.29 is 19.0 Å². The second-order valence-electron chi connectivity index (χ2n) is 17.1. The first kappa shape index (κ1) is 43.8. The Morgan fingerprint density at radius 1 is 0.817 bits per heavy atom. The molecule has 3 aliphatic heterocycles. The number of nitrogens with one attached hydrogen (secondary N) is 1. The Morgan fingerprint density at radius 3 is 2.30 bits per heavy atom. The van der Waals surface area contributed by atoms with Crippen LogP contribution in [0.15, 0.2) is 71.5 Å². The van der Waals surface area contributed by atoms with Crippen molar-refractivity contribution in [3.8, 4) is 17.2 Å². The van der Waals surface area contributed by atoms with E-state index in [1.165, 1.54) is 64.3 Å². The summed E-state index contributed by atoms with van der Waals surface area (Å²) < 4.78 is 19.2. The minimum Gasteiger partial charge on any atom is -0.496 e. The highest BCUT2D eigenvalue weighted by Crippen LogP contribution is 2.36. The summed E-state index contributed by atoms with van der Waals surface area (Å²) in [6.07, 6.45) is 13.4. The summed E-state index contributed by atoms with van der Waals surface area (Å²) in [5.74, 6) is 2.06. The molecule has 3 aliphatic rings. The molecule has 4 heterocycles. The highest BCUT2D eigenvalue weighted by atomic mass is 16.5. The predicted octanol–water partition coefficient (Wildman–Crippen LogP) is 7.32. The monoisotopic (exact) mass is 821 g/mol. The first-order valence-corrected chi connectivity index (χ1v) is 22.9. The van der Waals surface area contributed by atoms with Crippen molar-refractivity contribution in [3.05, 3.63) is 94.0 Å². The summed E-state index contributed by atoms with van der Waals surface area (Å²) in [6, 6.07) is 22.4. The van der Waals surface area contributed by atoms with Gasteiger partial charge in [-0.1, -0.05) is 61.2 Å². The summed E-state index contributed by atoms with van der Waals surface area (Å²) in [6.45, 7) is 13.6. The van der Waals surface area contributed by atoms with E-state index in [2.05, 4.69) is 20.0 Å². The molecule has 0 spiro atoms. The van der Waals surface area contributed by atoms with E-state index in [0.29, 0.717) is 36.4 Å². The molecule has 3 aromatic carbocycles. The van der Waals surface area contributed by atoms with Crippen LogP contribution in [0.4, 0.5) is 0 Å². The van der Waals surface area contributed by atoms with E-state index in [0.717, 1.165) is 92.6 Å². The zero-order chi connectivity index (χ0) is 41.7. The Morgan fingerprint density at radius 2 is 1.52 bits per heavy atom. The maximum absolute atomic E-state index is 13.9. The first-order chi connectivity index (χ1) is 29.4. The molecule has 2 unspecified atom stereocenters. The number of piperazine rings is 1. The molecular weight excluding hydrogens is 753 g/mol. The van der Waals surface area contributed by atoms with E-state index in [4.69, 9.17) is 19.2 Å². The number of hydrogen-bond acceptors (Lipinski definition) is 10. The largest absolute Gasteiger partial charge is 0.496 e. The molecular formula is C49H68N6O5. The van der Waals surface area contributed by atoms with E-state index < -0.39 is 0 Å². The van der Waals surface area contributed by atoms with Crippen molar-refractivity contribution in [1.29, 1.82) is 0 Å². The molecule has 3 fully saturated rings. The lowest BCUT2D eigenvalue weighted by Crippen LogP contribution is -2.54. The van der Waals surface area contributed by atoms with Crippen LogP contribution in [0.2, 0.25) is 0 Å². The van der Waals surface area contributed by atoms with Crippen molar-refractivity contribution in [2.75, 3.05) is 66.1 Å². The number of carbonyl (C=O) groups is 1. The van der Waals surface area contributed by atoms with Gasteiger partial charge in [-0.25, -0.2) is 4.98 Å². The van der Waals surface area contributed by atoms with Crippen molar-refractivity contribution in [2.24, 2.45) is 0 Å². The maximum atomic E-state index is 13.9. The number of unbranched alkanes of at least 4 members (excludes halogenated alkanes) is 4. The number of fused-ring (bicyclic) bond motifs is 3. The number of ether oxygens (including phenoxy) is 3. The number of esters is 1. The van der Waals surface area contributed by atoms with Crippen LogP contribution in [0.25, 0.3) is 16.6 Å². The van der Waals surface area contributed by atoms with Gasteiger partial charge in [-0.3, -0.25) is 24.0 Å². The SMILES string of the molecule is CCOc1ccccc1-n1c(CN2CCN(CCCCNCCCCCCN3C4CCCC3CC(OC(=O)Cc3cc(C)ccc3OC)C4)CC2)nc2ccccc2c1=O. The molecule has 0 aliphatic carbocycles. The molecule has 11 nitrogen and oxygen atoms in total. The summed E-state index contributed by atoms with van der Waals surface area (Å²) in [5, 5.41) is 4.31. The number of rotatable bonds is 21. The van der Waals surface area contributed by atoms with Gasteiger partial charge in [-0.05, 0) is 109 Å². The lowest BCUT2D eigenvalue weighted by atomic mass is 9.82. The fourth-order valence-corrected chi connectivity index (χ4v) is 9.75. The van der Waals surface area contributed by atoms with Gasteiger partial charge in [-0.15, -0.1) is 0 Å². The van der Waals surface area contributed by atoms with Crippen molar-refractivity contribution in [2.45, 2.75) is 116 Å². The summed E-state index contributed by atoms with van der Waals surface area (Å²) >= 11 is 0. The fraction of sp³-hybridized carbons (Fsp3) is 0.571. The summed E-state index contributed by atoms with van der Waals surface area (Å²) in [7, 11) is 1.65. The third-order valence-electron chi connectivity index (χ3n) is 12.8. The van der Waals surface area contributed by atoms with Crippen LogP contribution in [0.3, 0.4) is 0 Å². The van der Waals surface area contributed by atoms with Crippen LogP contribution in [0.1, 0.15) is 94.5 Å². The zero-order valence-electron chi connectivity index (χ0n) is 36.4. The van der Waals surface area contributed by atoms with Gasteiger partial charge in [0.1, 0.15) is 23.4 Å². The molecule has 60 heavy (non-hydrogen) atoms. The van der Waals surface area contributed by atoms with E-state index in [1.807, 2.05) is 80.6 Å². The number of aromatic nitrogens is 2. The van der Waals surface area contributed by atoms with Crippen LogP contribution in [0.5, 0.6) is 11.5 Å². The van der Waals surface area contributed by atoms with Crippen molar-refractivity contribution in [3.63, 3.8) is 0 Å². The van der Waals surface area contributed by atoms with Crippen LogP contribution in [0, 0.1) is 6.92 Å². The zero-order valence-corrected chi connectivity index (χ0v) is 36.4. The lowest BCUT2D eigenvalue weighted by Gasteiger charge is -2.48. The minimum absolute atomic E-state index is 0.0275. The molecule has 4 aromatic rings. The third kappa shape index (κ3) is 11.5. The molecule has 324 valence electrons. The Bertz CT molecular complexity index is 2030. The second-order valence-corrected chi connectivity index (χ2v) is 17.1. The number of aryl methyl sites for hydroxylation is 1. The molecule has 1 N–H and O–H groups in total. The Labute approximate surface area is 357 Å². The average Bonchev–Trinajstić information content (AvgIpc) is 3.24. The third-order valence-corrected chi connectivity index (χ3v) is 12.8. The fourth-order valence-electron chi connectivity index (χ4n) is 9.75. The maximum Gasteiger partial charge on any atom is 0.310 e. The number of nitrogens with zero attached hydrogens (tertiary/aromatic N) is 5. The smallest absolute Gasteiger partial charge is 0.310 e. The van der Waals surface area contributed by atoms with Crippen LogP contribution in [-0.2, 0) is 22.5 Å². The summed E-state index contributed by atoms with van der Waals surface area (Å²) in [4.78, 5) is 39.6.